The molecule has 1 aromatic carbocycles. The Labute approximate surface area is 150 Å². The number of phenolic OH excluding ortho intramolecular Hbond substituents is 1. The van der Waals surface area contributed by atoms with Gasteiger partial charge < -0.3 is 9.84 Å². The molecule has 0 saturated heterocycles. The van der Waals surface area contributed by atoms with Gasteiger partial charge in [-0.25, -0.2) is 0 Å². The first-order chi connectivity index (χ1) is 10.6. The number of hydrogen-bond donors (Lipinski definition) is 1. The summed E-state index contributed by atoms with van der Waals surface area (Å²) in [6.45, 7) is 1.91. The van der Waals surface area contributed by atoms with Crippen LogP contribution in [0.3, 0.4) is 0 Å². The molecule has 2 fully saturated rings. The van der Waals surface area contributed by atoms with Crippen molar-refractivity contribution in [3.8, 4) is 5.75 Å². The Balaban J connectivity index is 0.000000545. The van der Waals surface area contributed by atoms with Crippen molar-refractivity contribution in [2.24, 2.45) is 16.8 Å². The average Bonchev–Trinajstić information content (AvgIpc) is 3.09. The van der Waals surface area contributed by atoms with E-state index < -0.39 is 20.8 Å². The van der Waals surface area contributed by atoms with E-state index in [4.69, 9.17) is 26.8 Å². The molecule has 120 valence electrons. The fourth-order valence-electron chi connectivity index (χ4n) is 3.65. The molecule has 0 amide bonds. The number of hydrogen-bond acceptors (Lipinski definition) is 3. The first-order valence-corrected chi connectivity index (χ1v) is 13.7. The third-order valence-corrected chi connectivity index (χ3v) is 4.69. The molecule has 22 heavy (non-hydrogen) atoms. The Kier molecular flexibility index (Phi) is 7.40. The summed E-state index contributed by atoms with van der Waals surface area (Å²) in [6.07, 6.45) is 5.84. The van der Waals surface area contributed by atoms with Gasteiger partial charge in [-0.15, -0.1) is 0 Å². The van der Waals surface area contributed by atoms with Gasteiger partial charge in [-0.3, -0.25) is 4.99 Å². The number of para-hydroxylation sites is 1. The van der Waals surface area contributed by atoms with Crippen molar-refractivity contribution >= 4 is 23.2 Å². The molecule has 0 spiro atoms. The summed E-state index contributed by atoms with van der Waals surface area (Å²) >= 11 is -0.826. The minimum absolute atomic E-state index is 0.345. The van der Waals surface area contributed by atoms with Gasteiger partial charge in [-0.05, 0) is 43.7 Å². The monoisotopic (exact) mass is 419 g/mol. The van der Waals surface area contributed by atoms with Crippen LogP contribution in [0, 0.1) is 18.8 Å². The number of halogens is 2. The van der Waals surface area contributed by atoms with Gasteiger partial charge in [0.25, 0.3) is 0 Å². The quantitative estimate of drug-likeness (QED) is 0.739. The fourth-order valence-corrected chi connectivity index (χ4v) is 3.65. The molecule has 0 radical (unpaired) electrons. The van der Waals surface area contributed by atoms with Crippen molar-refractivity contribution in [2.75, 3.05) is 7.11 Å². The third kappa shape index (κ3) is 4.35. The van der Waals surface area contributed by atoms with Crippen LogP contribution < -0.4 is 0 Å². The normalized spacial score (nSPS) is 29.5. The number of fused-ring (bicyclic) bond motifs is 2. The maximum atomic E-state index is 9.99. The van der Waals surface area contributed by atoms with Crippen molar-refractivity contribution in [1.29, 1.82) is 0 Å². The summed E-state index contributed by atoms with van der Waals surface area (Å²) in [5.41, 5.74) is 1.71. The number of phenols is 1. The number of benzene rings is 1. The van der Waals surface area contributed by atoms with Gasteiger partial charge in [-0.2, -0.15) is 0 Å². The minimum atomic E-state index is -0.826. The van der Waals surface area contributed by atoms with Gasteiger partial charge in [0.1, 0.15) is 5.75 Å². The van der Waals surface area contributed by atoms with E-state index in [0.717, 1.165) is 17.0 Å². The molecule has 4 atom stereocenters. The molecular weight excluding hydrogens is 400 g/mol. The number of methoxy groups -OCH3 is 1. The van der Waals surface area contributed by atoms with E-state index in [9.17, 15) is 5.11 Å². The van der Waals surface area contributed by atoms with E-state index in [1.165, 1.54) is 19.3 Å². The van der Waals surface area contributed by atoms with Gasteiger partial charge in [-0.1, -0.05) is 12.1 Å². The van der Waals surface area contributed by atoms with E-state index in [1.807, 2.05) is 31.3 Å². The van der Waals surface area contributed by atoms with Crippen LogP contribution in [0.5, 0.6) is 5.75 Å². The van der Waals surface area contributed by atoms with Crippen LogP contribution in [0.15, 0.2) is 23.2 Å². The zero-order valence-corrected chi connectivity index (χ0v) is 16.8. The first kappa shape index (κ1) is 18.5. The molecule has 3 rings (SSSR count). The molecule has 2 aliphatic carbocycles. The Hall–Kier alpha value is 0.113. The molecular formula is C16H21Cl2NO2Zr. The van der Waals surface area contributed by atoms with Gasteiger partial charge in [0.15, 0.2) is 0 Å². The Morgan fingerprint density at radius 2 is 2.05 bits per heavy atom. The van der Waals surface area contributed by atoms with E-state index in [1.54, 1.807) is 7.11 Å². The molecule has 2 saturated carbocycles. The summed E-state index contributed by atoms with van der Waals surface area (Å²) in [6, 6.07) is 6.14. The maximum absolute atomic E-state index is 9.99. The van der Waals surface area contributed by atoms with Gasteiger partial charge in [0.05, 0.1) is 12.1 Å². The second-order valence-corrected chi connectivity index (χ2v) is 9.67. The van der Waals surface area contributed by atoms with Crippen LogP contribution in [0.25, 0.3) is 0 Å². The van der Waals surface area contributed by atoms with Crippen molar-refractivity contribution < 1.29 is 30.7 Å². The van der Waals surface area contributed by atoms with Crippen molar-refractivity contribution in [1.82, 2.24) is 0 Å². The molecule has 0 heterocycles. The SMILES string of the molecule is COC1CC2CC(N=Cc3cccc(C)c3O)C1C2.[Cl][Zr][Cl]. The van der Waals surface area contributed by atoms with E-state index in [0.29, 0.717) is 23.8 Å². The fraction of sp³-hybridized carbons (Fsp3) is 0.562. The molecule has 0 aromatic heterocycles. The second kappa shape index (κ2) is 8.82. The summed E-state index contributed by atoms with van der Waals surface area (Å²) in [7, 11) is 11.7. The number of aryl methyl sites for hydroxylation is 1. The summed E-state index contributed by atoms with van der Waals surface area (Å²) in [5.74, 6) is 1.69. The summed E-state index contributed by atoms with van der Waals surface area (Å²) < 4.78 is 5.55. The van der Waals surface area contributed by atoms with Gasteiger partial charge in [0, 0.05) is 24.8 Å². The van der Waals surface area contributed by atoms with Crippen molar-refractivity contribution in [3.05, 3.63) is 29.3 Å². The van der Waals surface area contributed by atoms with Crippen molar-refractivity contribution in [2.45, 2.75) is 38.3 Å². The molecule has 3 nitrogen and oxygen atoms in total. The van der Waals surface area contributed by atoms with Gasteiger partial charge >= 0.3 is 37.9 Å². The number of rotatable bonds is 3. The average molecular weight is 421 g/mol. The molecule has 2 aliphatic rings. The number of nitrogens with zero attached hydrogens (tertiary/aromatic N) is 1. The number of aliphatic imine (C=N–C) groups is 1. The zero-order valence-electron chi connectivity index (χ0n) is 12.8. The Morgan fingerprint density at radius 3 is 2.68 bits per heavy atom. The van der Waals surface area contributed by atoms with Crippen LogP contribution >= 0.6 is 17.0 Å². The van der Waals surface area contributed by atoms with E-state index in [-0.39, 0.29) is 0 Å². The first-order valence-electron chi connectivity index (χ1n) is 7.41. The Morgan fingerprint density at radius 1 is 1.32 bits per heavy atom. The summed E-state index contributed by atoms with van der Waals surface area (Å²) in [4.78, 5) is 4.71. The molecule has 1 N–H and O–H groups in total. The van der Waals surface area contributed by atoms with Crippen LogP contribution in [0.1, 0.15) is 30.4 Å². The van der Waals surface area contributed by atoms with Crippen LogP contribution in [-0.4, -0.2) is 30.6 Å². The molecule has 4 unspecified atom stereocenters. The van der Waals surface area contributed by atoms with Crippen LogP contribution in [0.2, 0.25) is 0 Å². The molecule has 1 aromatic rings. The third-order valence-electron chi connectivity index (χ3n) is 4.69. The predicted molar refractivity (Wildman–Crippen MR) is 87.6 cm³/mol. The number of ether oxygens (including phenoxy) is 1. The summed E-state index contributed by atoms with van der Waals surface area (Å²) in [5, 5.41) is 9.99. The molecule has 6 heteroatoms. The van der Waals surface area contributed by atoms with Crippen LogP contribution in [0.4, 0.5) is 0 Å². The standard InChI is InChI=1S/C16H21NO2.2ClH.Zr/c1-10-4-3-5-12(16(10)18)9-17-14-7-11-6-13(14)15(8-11)19-2;;;/h3-5,9,11,13-15,18H,6-8H2,1-2H3;2*1H;/q;;;+2/p-2. The van der Waals surface area contributed by atoms with Crippen LogP contribution in [-0.2, 0) is 25.6 Å². The van der Waals surface area contributed by atoms with Crippen molar-refractivity contribution in [3.63, 3.8) is 0 Å². The molecule has 0 aliphatic heterocycles. The number of aromatic hydroxyl groups is 1. The second-order valence-electron chi connectivity index (χ2n) is 5.94. The Bertz CT molecular complexity index is 527. The van der Waals surface area contributed by atoms with Gasteiger partial charge in [0.2, 0.25) is 0 Å². The predicted octanol–water partition coefficient (Wildman–Crippen LogP) is 4.31. The topological polar surface area (TPSA) is 41.8 Å². The van der Waals surface area contributed by atoms with E-state index >= 15 is 0 Å². The molecule has 2 bridgehead atoms. The zero-order chi connectivity index (χ0) is 16.1. The van der Waals surface area contributed by atoms with E-state index in [2.05, 4.69) is 0 Å².